The van der Waals surface area contributed by atoms with E-state index in [0.29, 0.717) is 5.56 Å². The van der Waals surface area contributed by atoms with Gasteiger partial charge in [-0.1, -0.05) is 50.3 Å². The summed E-state index contributed by atoms with van der Waals surface area (Å²) in [5.74, 6) is 0.421. The van der Waals surface area contributed by atoms with Gasteiger partial charge in [-0.05, 0) is 43.7 Å². The zero-order valence-electron chi connectivity index (χ0n) is 14.2. The molecule has 0 aromatic heterocycles. The molecule has 122 valence electrons. The number of benzene rings is 1. The van der Waals surface area contributed by atoms with E-state index >= 15 is 0 Å². The van der Waals surface area contributed by atoms with Crippen LogP contribution >= 0.6 is 0 Å². The summed E-state index contributed by atoms with van der Waals surface area (Å²) in [6.45, 7) is 9.10. The lowest BCUT2D eigenvalue weighted by Crippen LogP contribution is -2.37. The van der Waals surface area contributed by atoms with Gasteiger partial charge < -0.3 is 0 Å². The number of rotatable bonds is 5. The van der Waals surface area contributed by atoms with Gasteiger partial charge in [0.1, 0.15) is 6.10 Å². The Morgan fingerprint density at radius 2 is 1.68 bits per heavy atom. The third-order valence-electron chi connectivity index (χ3n) is 4.62. The lowest BCUT2D eigenvalue weighted by atomic mass is 9.86. The van der Waals surface area contributed by atoms with Crippen LogP contribution in [0.25, 0.3) is 0 Å². The van der Waals surface area contributed by atoms with E-state index in [1.807, 2.05) is 24.3 Å². The van der Waals surface area contributed by atoms with E-state index in [1.54, 1.807) is 0 Å². The Morgan fingerprint density at radius 1 is 1.09 bits per heavy atom. The van der Waals surface area contributed by atoms with Crippen LogP contribution in [0.5, 0.6) is 0 Å². The molecule has 1 aliphatic rings. The molecule has 3 nitrogen and oxygen atoms in total. The van der Waals surface area contributed by atoms with Gasteiger partial charge in [-0.25, -0.2) is 4.79 Å². The molecule has 1 fully saturated rings. The van der Waals surface area contributed by atoms with Crippen molar-refractivity contribution in [1.82, 2.24) is 0 Å². The minimum atomic E-state index is -1.33. The van der Waals surface area contributed by atoms with Crippen LogP contribution in [-0.2, 0) is 9.78 Å². The second kappa shape index (κ2) is 7.42. The Bertz CT molecular complexity index is 482. The van der Waals surface area contributed by atoms with E-state index < -0.39 is 8.07 Å². The molecule has 4 heteroatoms. The second-order valence-electron chi connectivity index (χ2n) is 7.35. The molecule has 0 bridgehead atoms. The van der Waals surface area contributed by atoms with E-state index in [4.69, 9.17) is 9.78 Å². The molecule has 2 rings (SSSR count). The average Bonchev–Trinajstić information content (AvgIpc) is 2.52. The van der Waals surface area contributed by atoms with Gasteiger partial charge in [0, 0.05) is 0 Å². The zero-order valence-corrected chi connectivity index (χ0v) is 15.2. The van der Waals surface area contributed by atoms with Crippen molar-refractivity contribution in [2.24, 2.45) is 5.92 Å². The zero-order chi connectivity index (χ0) is 16.2. The Morgan fingerprint density at radius 3 is 2.18 bits per heavy atom. The van der Waals surface area contributed by atoms with E-state index in [-0.39, 0.29) is 12.1 Å². The highest BCUT2D eigenvalue weighted by Gasteiger charge is 2.23. The van der Waals surface area contributed by atoms with Gasteiger partial charge in [-0.15, -0.1) is 0 Å². The predicted molar refractivity (Wildman–Crippen MR) is 92.0 cm³/mol. The van der Waals surface area contributed by atoms with Crippen molar-refractivity contribution in [2.45, 2.75) is 64.8 Å². The molecule has 1 aliphatic carbocycles. The molecule has 0 heterocycles. The van der Waals surface area contributed by atoms with Crippen molar-refractivity contribution in [3.63, 3.8) is 0 Å². The fourth-order valence-corrected chi connectivity index (χ4v) is 4.07. The summed E-state index contributed by atoms with van der Waals surface area (Å²) in [6.07, 6.45) is 5.61. The molecule has 22 heavy (non-hydrogen) atoms. The second-order valence-corrected chi connectivity index (χ2v) is 12.4. The van der Waals surface area contributed by atoms with Crippen LogP contribution in [0.3, 0.4) is 0 Å². The maximum Gasteiger partial charge on any atom is 0.373 e. The van der Waals surface area contributed by atoms with Gasteiger partial charge >= 0.3 is 5.97 Å². The van der Waals surface area contributed by atoms with Crippen molar-refractivity contribution >= 4 is 19.2 Å². The third-order valence-corrected chi connectivity index (χ3v) is 6.68. The van der Waals surface area contributed by atoms with Gasteiger partial charge in [0.05, 0.1) is 13.6 Å². The van der Waals surface area contributed by atoms with E-state index in [0.717, 1.165) is 18.8 Å². The topological polar surface area (TPSA) is 35.5 Å². The molecule has 1 aromatic rings. The van der Waals surface area contributed by atoms with Crippen LogP contribution in [0.2, 0.25) is 19.6 Å². The maximum absolute atomic E-state index is 12.0. The van der Waals surface area contributed by atoms with Gasteiger partial charge in [0.2, 0.25) is 0 Å². The number of hydrogen-bond donors (Lipinski definition) is 0. The van der Waals surface area contributed by atoms with Crippen LogP contribution in [0.15, 0.2) is 24.3 Å². The number of hydrogen-bond acceptors (Lipinski definition) is 3. The minimum absolute atomic E-state index is 0.0630. The molecule has 0 spiro atoms. The number of carbonyl (C=O) groups excluding carboxylic acids is 1. The summed E-state index contributed by atoms with van der Waals surface area (Å²) in [4.78, 5) is 22.4. The van der Waals surface area contributed by atoms with Crippen molar-refractivity contribution in [1.29, 1.82) is 0 Å². The quantitative estimate of drug-likeness (QED) is 0.461. The molecule has 0 radical (unpaired) electrons. The Hall–Kier alpha value is -1.13. The average molecular weight is 321 g/mol. The van der Waals surface area contributed by atoms with Crippen LogP contribution in [-0.4, -0.2) is 20.1 Å². The van der Waals surface area contributed by atoms with E-state index in [1.165, 1.54) is 24.4 Å². The van der Waals surface area contributed by atoms with Crippen molar-refractivity contribution in [3.05, 3.63) is 29.8 Å². The first kappa shape index (κ1) is 17.2. The normalized spacial score (nSPS) is 22.4. The molecule has 0 aliphatic heterocycles. The Kier molecular flexibility index (Phi) is 5.81. The molecule has 1 saturated carbocycles. The smallest absolute Gasteiger partial charge is 0.293 e. The monoisotopic (exact) mass is 320 g/mol. The van der Waals surface area contributed by atoms with Crippen LogP contribution in [0.1, 0.15) is 49.4 Å². The lowest BCUT2D eigenvalue weighted by molar-refractivity contribution is -0.280. The molecule has 0 saturated heterocycles. The van der Waals surface area contributed by atoms with E-state index in [9.17, 15) is 4.79 Å². The number of carbonyl (C=O) groups is 1. The molecular weight excluding hydrogens is 292 g/mol. The van der Waals surface area contributed by atoms with Crippen LogP contribution in [0.4, 0.5) is 0 Å². The third kappa shape index (κ3) is 4.68. The summed E-state index contributed by atoms with van der Waals surface area (Å²) in [5.41, 5.74) is 0.559. The van der Waals surface area contributed by atoms with E-state index in [2.05, 4.69) is 26.6 Å². The highest BCUT2D eigenvalue weighted by Crippen LogP contribution is 2.28. The fraction of sp³-hybridized carbons (Fsp3) is 0.611. The maximum atomic E-state index is 12.0. The van der Waals surface area contributed by atoms with Gasteiger partial charge in [-0.2, -0.15) is 4.89 Å². The van der Waals surface area contributed by atoms with Crippen molar-refractivity contribution < 1.29 is 14.6 Å². The molecular formula is C18H28O3Si. The van der Waals surface area contributed by atoms with Gasteiger partial charge in [0.15, 0.2) is 0 Å². The minimum Gasteiger partial charge on any atom is -0.293 e. The highest BCUT2D eigenvalue weighted by molar-refractivity contribution is 6.88. The summed E-state index contributed by atoms with van der Waals surface area (Å²) < 4.78 is 0. The molecule has 0 unspecified atom stereocenters. The Balaban J connectivity index is 1.83. The molecule has 0 atom stereocenters. The van der Waals surface area contributed by atoms with Crippen molar-refractivity contribution in [2.75, 3.05) is 0 Å². The Labute approximate surface area is 135 Å². The molecule has 1 aromatic carbocycles. The first-order chi connectivity index (χ1) is 10.4. The van der Waals surface area contributed by atoms with Crippen molar-refractivity contribution in [3.8, 4) is 0 Å². The fourth-order valence-electron chi connectivity index (χ4n) is 2.90. The highest BCUT2D eigenvalue weighted by atomic mass is 28.3. The van der Waals surface area contributed by atoms with Gasteiger partial charge in [-0.3, -0.25) is 4.89 Å². The summed E-state index contributed by atoms with van der Waals surface area (Å²) in [7, 11) is -1.33. The lowest BCUT2D eigenvalue weighted by Gasteiger charge is -2.26. The summed E-state index contributed by atoms with van der Waals surface area (Å²) in [6, 6.07) is 7.76. The summed E-state index contributed by atoms with van der Waals surface area (Å²) in [5, 5.41) is 1.34. The summed E-state index contributed by atoms with van der Waals surface area (Å²) >= 11 is 0. The first-order valence-corrected chi connectivity index (χ1v) is 11.9. The van der Waals surface area contributed by atoms with Crippen LogP contribution < -0.4 is 5.19 Å². The largest absolute Gasteiger partial charge is 0.373 e. The first-order valence-electron chi connectivity index (χ1n) is 8.38. The van der Waals surface area contributed by atoms with Crippen LogP contribution in [0, 0.1) is 5.92 Å². The SMILES string of the molecule is CCC1CCC(OOC(=O)c2ccc([Si](C)(C)C)cc2)CC1. The molecule has 0 amide bonds. The molecule has 0 N–H and O–H groups in total. The standard InChI is InChI=1S/C18H28O3Si/c1-5-14-6-10-16(11-7-14)20-21-18(19)15-8-12-17(13-9-15)22(2,3)4/h8-9,12-14,16H,5-7,10-11H2,1-4H3. The van der Waals surface area contributed by atoms with Gasteiger partial charge in [0.25, 0.3) is 0 Å². The predicted octanol–water partition coefficient (Wildman–Crippen LogP) is 4.29.